The predicted octanol–water partition coefficient (Wildman–Crippen LogP) is 1.21. The Kier molecular flexibility index (Phi) is 5.32. The summed E-state index contributed by atoms with van der Waals surface area (Å²) in [4.78, 5) is 28.1. The summed E-state index contributed by atoms with van der Waals surface area (Å²) in [5.41, 5.74) is 0.580. The highest BCUT2D eigenvalue weighted by atomic mass is 16.7. The summed E-state index contributed by atoms with van der Waals surface area (Å²) in [5.74, 6) is -0.366. The average Bonchev–Trinajstić information content (AvgIpc) is 2.38. The Morgan fingerprint density at radius 1 is 1.33 bits per heavy atom. The van der Waals surface area contributed by atoms with Crippen molar-refractivity contribution < 1.29 is 14.4 Å². The third-order valence-corrected chi connectivity index (χ3v) is 2.52. The molecule has 1 aromatic carbocycles. The zero-order chi connectivity index (χ0) is 13.5. The number of nitrogens with zero attached hydrogens (tertiary/aromatic N) is 1. The van der Waals surface area contributed by atoms with Gasteiger partial charge in [0.15, 0.2) is 0 Å². The number of hydroxylamine groups is 2. The van der Waals surface area contributed by atoms with Crippen LogP contribution in [0.1, 0.15) is 23.7 Å². The molecular formula is C13H18N2O3. The van der Waals surface area contributed by atoms with E-state index in [1.165, 1.54) is 14.2 Å². The van der Waals surface area contributed by atoms with Crippen LogP contribution in [0, 0.1) is 0 Å². The van der Waals surface area contributed by atoms with Crippen molar-refractivity contribution in [3.63, 3.8) is 0 Å². The summed E-state index contributed by atoms with van der Waals surface area (Å²) in [5, 5.41) is 3.91. The van der Waals surface area contributed by atoms with Crippen LogP contribution in [0.4, 0.5) is 0 Å². The molecule has 1 rings (SSSR count). The second kappa shape index (κ2) is 6.76. The highest BCUT2D eigenvalue weighted by Crippen LogP contribution is 2.01. The van der Waals surface area contributed by atoms with E-state index in [2.05, 4.69) is 5.32 Å². The molecule has 0 aliphatic carbocycles. The van der Waals surface area contributed by atoms with Gasteiger partial charge in [-0.05, 0) is 19.1 Å². The van der Waals surface area contributed by atoms with Crippen molar-refractivity contribution in [2.75, 3.05) is 14.2 Å². The highest BCUT2D eigenvalue weighted by molar-refractivity contribution is 5.94. The van der Waals surface area contributed by atoms with E-state index in [0.29, 0.717) is 5.56 Å². The normalized spacial score (nSPS) is 11.7. The second-order valence-electron chi connectivity index (χ2n) is 4.02. The minimum atomic E-state index is -0.247. The fourth-order valence-corrected chi connectivity index (χ4v) is 1.44. The zero-order valence-corrected chi connectivity index (χ0v) is 10.8. The van der Waals surface area contributed by atoms with E-state index in [0.717, 1.165) is 5.06 Å². The first kappa shape index (κ1) is 14.2. The molecule has 5 heteroatoms. The van der Waals surface area contributed by atoms with Gasteiger partial charge >= 0.3 is 0 Å². The quantitative estimate of drug-likeness (QED) is 0.799. The van der Waals surface area contributed by atoms with Gasteiger partial charge in [-0.25, -0.2) is 5.06 Å². The molecule has 1 aromatic rings. The van der Waals surface area contributed by atoms with Gasteiger partial charge in [0.1, 0.15) is 0 Å². The van der Waals surface area contributed by atoms with Crippen molar-refractivity contribution in [2.45, 2.75) is 19.4 Å². The van der Waals surface area contributed by atoms with Crippen LogP contribution in [-0.2, 0) is 9.63 Å². The summed E-state index contributed by atoms with van der Waals surface area (Å²) >= 11 is 0. The maximum absolute atomic E-state index is 11.8. The SMILES string of the molecule is CON(C)C(=O)C[C@@H](C)NC(=O)c1ccccc1. The lowest BCUT2D eigenvalue weighted by molar-refractivity contribution is -0.169. The topological polar surface area (TPSA) is 58.6 Å². The van der Waals surface area contributed by atoms with Gasteiger partial charge in [-0.1, -0.05) is 18.2 Å². The Balaban J connectivity index is 2.48. The van der Waals surface area contributed by atoms with Crippen LogP contribution >= 0.6 is 0 Å². The molecular weight excluding hydrogens is 232 g/mol. The molecule has 5 nitrogen and oxygen atoms in total. The molecule has 0 saturated carbocycles. The van der Waals surface area contributed by atoms with Crippen LogP contribution in [-0.4, -0.2) is 37.1 Å². The van der Waals surface area contributed by atoms with Crippen molar-refractivity contribution in [1.82, 2.24) is 10.4 Å². The van der Waals surface area contributed by atoms with E-state index in [1.807, 2.05) is 6.07 Å². The summed E-state index contributed by atoms with van der Waals surface area (Å²) in [7, 11) is 2.96. The van der Waals surface area contributed by atoms with Gasteiger partial charge in [-0.2, -0.15) is 0 Å². The molecule has 0 aliphatic heterocycles. The van der Waals surface area contributed by atoms with Gasteiger partial charge < -0.3 is 5.32 Å². The van der Waals surface area contributed by atoms with Gasteiger partial charge in [0.25, 0.3) is 5.91 Å². The lowest BCUT2D eigenvalue weighted by Crippen LogP contribution is -2.37. The van der Waals surface area contributed by atoms with E-state index in [1.54, 1.807) is 31.2 Å². The summed E-state index contributed by atoms with van der Waals surface area (Å²) in [6, 6.07) is 8.64. The second-order valence-corrected chi connectivity index (χ2v) is 4.02. The third-order valence-electron chi connectivity index (χ3n) is 2.52. The molecule has 0 spiro atoms. The molecule has 0 bridgehead atoms. The first-order valence-electron chi connectivity index (χ1n) is 5.71. The largest absolute Gasteiger partial charge is 0.349 e. The molecule has 1 atom stereocenters. The molecule has 2 amide bonds. The van der Waals surface area contributed by atoms with Crippen molar-refractivity contribution >= 4 is 11.8 Å². The molecule has 0 heterocycles. The van der Waals surface area contributed by atoms with E-state index in [4.69, 9.17) is 4.84 Å². The number of amides is 2. The molecule has 0 fully saturated rings. The van der Waals surface area contributed by atoms with Gasteiger partial charge in [-0.15, -0.1) is 0 Å². The molecule has 0 saturated heterocycles. The Hall–Kier alpha value is -1.88. The smallest absolute Gasteiger partial charge is 0.251 e. The number of hydrogen-bond acceptors (Lipinski definition) is 3. The Morgan fingerprint density at radius 2 is 1.94 bits per heavy atom. The van der Waals surface area contributed by atoms with Gasteiger partial charge in [-0.3, -0.25) is 14.4 Å². The lowest BCUT2D eigenvalue weighted by atomic mass is 10.1. The van der Waals surface area contributed by atoms with E-state index in [9.17, 15) is 9.59 Å². The number of carbonyl (C=O) groups is 2. The zero-order valence-electron chi connectivity index (χ0n) is 10.8. The van der Waals surface area contributed by atoms with Gasteiger partial charge in [0.2, 0.25) is 5.91 Å². The van der Waals surface area contributed by atoms with Crippen molar-refractivity contribution in [2.24, 2.45) is 0 Å². The number of rotatable bonds is 5. The number of carbonyl (C=O) groups excluding carboxylic acids is 2. The predicted molar refractivity (Wildman–Crippen MR) is 67.8 cm³/mol. The number of nitrogens with one attached hydrogen (secondary N) is 1. The van der Waals surface area contributed by atoms with E-state index in [-0.39, 0.29) is 24.3 Å². The molecule has 0 aromatic heterocycles. The standard InChI is InChI=1S/C13H18N2O3/c1-10(9-12(16)15(2)18-3)14-13(17)11-7-5-4-6-8-11/h4-8,10H,9H2,1-3H3,(H,14,17)/t10-/m1/s1. The fourth-order valence-electron chi connectivity index (χ4n) is 1.44. The minimum absolute atomic E-state index is 0.182. The Bertz CT molecular complexity index is 406. The van der Waals surface area contributed by atoms with Gasteiger partial charge in [0.05, 0.1) is 7.11 Å². The number of benzene rings is 1. The summed E-state index contributed by atoms with van der Waals surface area (Å²) in [6.07, 6.45) is 0.197. The van der Waals surface area contributed by atoms with E-state index < -0.39 is 0 Å². The fraction of sp³-hybridized carbons (Fsp3) is 0.385. The van der Waals surface area contributed by atoms with Crippen molar-refractivity contribution in [1.29, 1.82) is 0 Å². The monoisotopic (exact) mass is 250 g/mol. The highest BCUT2D eigenvalue weighted by Gasteiger charge is 2.15. The lowest BCUT2D eigenvalue weighted by Gasteiger charge is -2.18. The third kappa shape index (κ3) is 4.18. The summed E-state index contributed by atoms with van der Waals surface area (Å²) in [6.45, 7) is 1.78. The first-order chi connectivity index (χ1) is 8.54. The maximum atomic E-state index is 11.8. The molecule has 98 valence electrons. The molecule has 18 heavy (non-hydrogen) atoms. The van der Waals surface area contributed by atoms with Crippen LogP contribution in [0.3, 0.4) is 0 Å². The summed E-state index contributed by atoms with van der Waals surface area (Å²) < 4.78 is 0. The molecule has 0 aliphatic rings. The van der Waals surface area contributed by atoms with E-state index >= 15 is 0 Å². The van der Waals surface area contributed by atoms with Crippen LogP contribution < -0.4 is 5.32 Å². The van der Waals surface area contributed by atoms with Crippen LogP contribution in [0.15, 0.2) is 30.3 Å². The maximum Gasteiger partial charge on any atom is 0.251 e. The molecule has 0 unspecified atom stereocenters. The Labute approximate surface area is 107 Å². The number of hydrogen-bond donors (Lipinski definition) is 1. The van der Waals surface area contributed by atoms with Crippen LogP contribution in [0.25, 0.3) is 0 Å². The van der Waals surface area contributed by atoms with Crippen LogP contribution in [0.2, 0.25) is 0 Å². The van der Waals surface area contributed by atoms with Crippen LogP contribution in [0.5, 0.6) is 0 Å². The minimum Gasteiger partial charge on any atom is -0.349 e. The molecule has 0 radical (unpaired) electrons. The van der Waals surface area contributed by atoms with Gasteiger partial charge in [0, 0.05) is 25.1 Å². The Morgan fingerprint density at radius 3 is 2.50 bits per heavy atom. The van der Waals surface area contributed by atoms with Crippen molar-refractivity contribution in [3.05, 3.63) is 35.9 Å². The average molecular weight is 250 g/mol. The first-order valence-corrected chi connectivity index (χ1v) is 5.71. The van der Waals surface area contributed by atoms with Crippen molar-refractivity contribution in [3.8, 4) is 0 Å². The molecule has 1 N–H and O–H groups in total.